The van der Waals surface area contributed by atoms with E-state index in [9.17, 15) is 14.7 Å². The number of amides is 3. The molecule has 11 nitrogen and oxygen atoms in total. The Morgan fingerprint density at radius 3 is 2.35 bits per heavy atom. The number of hydrogen-bond donors (Lipinski definition) is 2. The summed E-state index contributed by atoms with van der Waals surface area (Å²) in [5.41, 5.74) is 0.884. The number of likely N-dealkylation sites (tertiary alicyclic amines) is 1. The summed E-state index contributed by atoms with van der Waals surface area (Å²) < 4.78 is 13.2. The maximum atomic E-state index is 15.1. The number of aliphatic hydroxyl groups is 1. The van der Waals surface area contributed by atoms with Crippen LogP contribution in [-0.2, 0) is 28.7 Å². The molecule has 0 aromatic heterocycles. The van der Waals surface area contributed by atoms with Crippen LogP contribution < -0.4 is 15.1 Å². The maximum absolute atomic E-state index is 15.1. The highest BCUT2D eigenvalue weighted by atomic mass is 16.6. The third-order valence-corrected chi connectivity index (χ3v) is 11.4. The van der Waals surface area contributed by atoms with Crippen molar-refractivity contribution in [1.29, 1.82) is 0 Å². The number of carbonyl (C=O) groups is 4. The lowest BCUT2D eigenvalue weighted by Crippen LogP contribution is -2.59. The van der Waals surface area contributed by atoms with E-state index in [4.69, 9.17) is 9.47 Å². The van der Waals surface area contributed by atoms with Gasteiger partial charge in [0.2, 0.25) is 11.8 Å². The number of nitrogens with one attached hydrogen (secondary N) is 1. The Kier molecular flexibility index (Phi) is 11.2. The Morgan fingerprint density at radius 1 is 0.981 bits per heavy atom. The Bertz CT molecular complexity index is 1680. The summed E-state index contributed by atoms with van der Waals surface area (Å²) in [7, 11) is 0. The predicted octanol–water partition coefficient (Wildman–Crippen LogP) is 4.56. The summed E-state index contributed by atoms with van der Waals surface area (Å²) in [6.45, 7) is 11.5. The fourth-order valence-corrected chi connectivity index (χ4v) is 8.48. The van der Waals surface area contributed by atoms with E-state index in [1.165, 1.54) is 4.90 Å². The Balaban J connectivity index is 1.45. The van der Waals surface area contributed by atoms with Gasteiger partial charge in [-0.25, -0.2) is 0 Å². The van der Waals surface area contributed by atoms with Gasteiger partial charge in [0.05, 0.1) is 30.7 Å². The number of aliphatic hydroxyl groups excluding tert-OH is 1. The molecule has 0 aliphatic carbocycles. The van der Waals surface area contributed by atoms with Crippen molar-refractivity contribution in [2.75, 3.05) is 36.0 Å². The quantitative estimate of drug-likeness (QED) is 0.286. The van der Waals surface area contributed by atoms with Gasteiger partial charge in [0.15, 0.2) is 0 Å². The molecule has 0 bridgehead atoms. The molecule has 2 aromatic rings. The van der Waals surface area contributed by atoms with E-state index in [-0.39, 0.29) is 37.3 Å². The monoisotopic (exact) mass is 712 g/mol. The number of nitrogens with zero attached hydrogens (tertiary/aromatic N) is 3. The van der Waals surface area contributed by atoms with Crippen molar-refractivity contribution in [3.05, 3.63) is 84.5 Å². The van der Waals surface area contributed by atoms with Crippen molar-refractivity contribution in [3.8, 4) is 0 Å². The van der Waals surface area contributed by atoms with Crippen LogP contribution in [0.15, 0.2) is 78.9 Å². The highest BCUT2D eigenvalue weighted by Gasteiger charge is 2.73. The topological polar surface area (TPSA) is 129 Å². The number of esters is 1. The second-order valence-corrected chi connectivity index (χ2v) is 14.4. The zero-order chi connectivity index (χ0) is 37.2. The van der Waals surface area contributed by atoms with E-state index >= 15 is 9.59 Å². The average Bonchev–Trinajstić information content (AvgIpc) is 3.54. The number of ether oxygens (including phenoxy) is 2. The molecule has 3 amide bonds. The number of fused-ring (bicyclic) bond motifs is 2. The summed E-state index contributed by atoms with van der Waals surface area (Å²) in [6, 6.07) is 14.6. The smallest absolute Gasteiger partial charge is 0.313 e. The van der Waals surface area contributed by atoms with E-state index in [1.807, 2.05) is 74.5 Å². The largest absolute Gasteiger partial charge is 0.455 e. The van der Waals surface area contributed by atoms with Crippen LogP contribution in [-0.4, -0.2) is 89.8 Å². The van der Waals surface area contributed by atoms with Crippen LogP contribution >= 0.6 is 0 Å². The molecule has 6 rings (SSSR count). The van der Waals surface area contributed by atoms with E-state index in [0.717, 1.165) is 18.8 Å². The fraction of sp³-hybridized carbons (Fsp3) is 0.512. The highest BCUT2D eigenvalue weighted by Crippen LogP contribution is 2.54. The summed E-state index contributed by atoms with van der Waals surface area (Å²) in [5, 5.41) is 13.8. The van der Waals surface area contributed by atoms with Crippen molar-refractivity contribution in [1.82, 2.24) is 10.2 Å². The molecule has 52 heavy (non-hydrogen) atoms. The van der Waals surface area contributed by atoms with Gasteiger partial charge < -0.3 is 34.6 Å². The molecule has 2 fully saturated rings. The van der Waals surface area contributed by atoms with Gasteiger partial charge in [-0.3, -0.25) is 19.2 Å². The van der Waals surface area contributed by atoms with Crippen LogP contribution in [0, 0.1) is 17.8 Å². The predicted molar refractivity (Wildman–Crippen MR) is 198 cm³/mol. The Morgan fingerprint density at radius 2 is 1.69 bits per heavy atom. The van der Waals surface area contributed by atoms with E-state index in [1.54, 1.807) is 30.1 Å². The molecule has 4 aliphatic rings. The van der Waals surface area contributed by atoms with Gasteiger partial charge in [0, 0.05) is 37.4 Å². The van der Waals surface area contributed by atoms with Crippen LogP contribution in [0.2, 0.25) is 0 Å². The maximum Gasteiger partial charge on any atom is 0.313 e. The second kappa shape index (κ2) is 15.6. The second-order valence-electron chi connectivity index (χ2n) is 14.4. The zero-order valence-electron chi connectivity index (χ0n) is 30.8. The van der Waals surface area contributed by atoms with Crippen molar-refractivity contribution in [3.63, 3.8) is 0 Å². The van der Waals surface area contributed by atoms with Crippen LogP contribution in [0.4, 0.5) is 11.4 Å². The first-order valence-electron chi connectivity index (χ1n) is 18.8. The summed E-state index contributed by atoms with van der Waals surface area (Å²) in [4.78, 5) is 62.9. The zero-order valence-corrected chi connectivity index (χ0v) is 30.8. The minimum atomic E-state index is -1.52. The molecule has 2 N–H and O–H groups in total. The van der Waals surface area contributed by atoms with Gasteiger partial charge in [-0.05, 0) is 62.9 Å². The first-order valence-corrected chi connectivity index (χ1v) is 18.8. The van der Waals surface area contributed by atoms with Crippen molar-refractivity contribution in [2.24, 2.45) is 17.8 Å². The van der Waals surface area contributed by atoms with Gasteiger partial charge in [-0.2, -0.15) is 0 Å². The number of carbonyl (C=O) groups excluding carboxylic acids is 4. The molecule has 278 valence electrons. The molecule has 2 saturated heterocycles. The van der Waals surface area contributed by atoms with E-state index in [2.05, 4.69) is 24.1 Å². The number of anilines is 2. The number of benzene rings is 2. The Labute approximate surface area is 306 Å². The van der Waals surface area contributed by atoms with Crippen LogP contribution in [0.1, 0.15) is 65.5 Å². The lowest BCUT2D eigenvalue weighted by molar-refractivity contribution is -0.162. The van der Waals surface area contributed by atoms with Gasteiger partial charge in [-0.15, -0.1) is 0 Å². The summed E-state index contributed by atoms with van der Waals surface area (Å²) in [6.07, 6.45) is 6.67. The SMILES string of the molecule is CC[C@H](C)[C@H](CO)N1C(=O)[C@@H]2[C@H]3C(=O)O[C@H](c4ccccc4)[C@@H](C)NC(=O)CC/C=C\[C@H]3O[C@@]23C=CCN(c2ccc(N(CC)CC)cc2)C(=O)[C@@H]13. The van der Waals surface area contributed by atoms with Gasteiger partial charge >= 0.3 is 5.97 Å². The van der Waals surface area contributed by atoms with Crippen LogP contribution in [0.5, 0.6) is 0 Å². The molecule has 2 aromatic carbocycles. The van der Waals surface area contributed by atoms with Crippen molar-refractivity contribution < 1.29 is 33.8 Å². The molecule has 11 heteroatoms. The van der Waals surface area contributed by atoms with Gasteiger partial charge in [-0.1, -0.05) is 74.9 Å². The minimum Gasteiger partial charge on any atom is -0.455 e. The lowest BCUT2D eigenvalue weighted by atomic mass is 9.77. The average molecular weight is 713 g/mol. The Hall–Kier alpha value is -4.48. The molecule has 0 saturated carbocycles. The van der Waals surface area contributed by atoms with E-state index < -0.39 is 59.6 Å². The molecule has 0 unspecified atom stereocenters. The normalized spacial score (nSPS) is 30.9. The molecule has 4 aliphatic heterocycles. The molecule has 0 radical (unpaired) electrons. The standard InChI is InChI=1S/C41H52N4O7/c1-6-26(4)31(25-46)45-37-39(49)44(30-21-19-29(20-22-30)43(7-2)8-3)24-14-23-41(37)35(38(45)48)34-32(52-41)17-12-13-18-33(47)42-27(5)36(51-40(34)50)28-15-10-9-11-16-28/h9-12,14-17,19-23,26-27,31-32,34-37,46H,6-8,13,18,24-25H2,1-5H3,(H,42,47)/b17-12-/t26-,27+,31-,32+,34-,35-,36-,37+,41-/m0/s1. The van der Waals surface area contributed by atoms with Crippen molar-refractivity contribution >= 4 is 35.1 Å². The minimum absolute atomic E-state index is 0.155. The summed E-state index contributed by atoms with van der Waals surface area (Å²) in [5.74, 6) is -3.97. The molecular formula is C41H52N4O7. The number of rotatable bonds is 9. The number of cyclic esters (lactones) is 1. The molecular weight excluding hydrogens is 660 g/mol. The molecule has 9 atom stereocenters. The fourth-order valence-electron chi connectivity index (χ4n) is 8.48. The number of hydrogen-bond acceptors (Lipinski definition) is 8. The molecule has 4 heterocycles. The van der Waals surface area contributed by atoms with Gasteiger partial charge in [0.25, 0.3) is 5.91 Å². The van der Waals surface area contributed by atoms with Crippen LogP contribution in [0.25, 0.3) is 0 Å². The van der Waals surface area contributed by atoms with Crippen molar-refractivity contribution in [2.45, 2.75) is 89.8 Å². The first-order chi connectivity index (χ1) is 25.1. The van der Waals surface area contributed by atoms with E-state index in [0.29, 0.717) is 24.1 Å². The summed E-state index contributed by atoms with van der Waals surface area (Å²) >= 11 is 0. The van der Waals surface area contributed by atoms with Crippen LogP contribution in [0.3, 0.4) is 0 Å². The highest BCUT2D eigenvalue weighted by molar-refractivity contribution is 6.05. The van der Waals surface area contributed by atoms with Gasteiger partial charge in [0.1, 0.15) is 23.7 Å². The third kappa shape index (κ3) is 6.65. The lowest BCUT2D eigenvalue weighted by Gasteiger charge is -2.40. The third-order valence-electron chi connectivity index (χ3n) is 11.4. The number of allylic oxidation sites excluding steroid dienone is 1. The molecule has 1 spiro atoms. The first kappa shape index (κ1) is 37.3.